The molecule has 3 N–H and O–H groups in total. The fraction of sp³-hybridized carbons (Fsp3) is 0.0769. The van der Waals surface area contributed by atoms with Gasteiger partial charge in [-0.25, -0.2) is 0 Å². The SMILES string of the molecule is CC(=O)Nc1ccc(NC(=O)CSc2nnc(-c3c[nH]c4ccccc34)n2-c2ccccc2)cc1. The number of carbonyl (C=O) groups is 2. The van der Waals surface area contributed by atoms with Gasteiger partial charge in [-0.15, -0.1) is 10.2 Å². The van der Waals surface area contributed by atoms with Crippen LogP contribution in [0.25, 0.3) is 28.0 Å². The molecule has 0 aliphatic rings. The van der Waals surface area contributed by atoms with Gasteiger partial charge in [0, 0.05) is 46.6 Å². The third kappa shape index (κ3) is 4.95. The maximum absolute atomic E-state index is 12.6. The summed E-state index contributed by atoms with van der Waals surface area (Å²) in [4.78, 5) is 27.1. The van der Waals surface area contributed by atoms with E-state index in [0.717, 1.165) is 22.2 Å². The van der Waals surface area contributed by atoms with E-state index in [9.17, 15) is 9.59 Å². The Labute approximate surface area is 205 Å². The molecular formula is C26H22N6O2S. The number of amides is 2. The van der Waals surface area contributed by atoms with Gasteiger partial charge < -0.3 is 15.6 Å². The van der Waals surface area contributed by atoms with Gasteiger partial charge in [-0.05, 0) is 42.5 Å². The van der Waals surface area contributed by atoms with E-state index >= 15 is 0 Å². The normalized spacial score (nSPS) is 10.9. The predicted molar refractivity (Wildman–Crippen MR) is 139 cm³/mol. The number of para-hydroxylation sites is 2. The van der Waals surface area contributed by atoms with Crippen molar-refractivity contribution in [3.8, 4) is 17.1 Å². The lowest BCUT2D eigenvalue weighted by atomic mass is 10.1. The van der Waals surface area contributed by atoms with Crippen molar-refractivity contribution in [2.75, 3.05) is 16.4 Å². The van der Waals surface area contributed by atoms with Crippen molar-refractivity contribution in [2.45, 2.75) is 12.1 Å². The number of carbonyl (C=O) groups excluding carboxylic acids is 2. The molecule has 8 nitrogen and oxygen atoms in total. The van der Waals surface area contributed by atoms with E-state index in [1.54, 1.807) is 24.3 Å². The maximum atomic E-state index is 12.6. The van der Waals surface area contributed by atoms with Crippen LogP contribution in [0.1, 0.15) is 6.92 Å². The minimum absolute atomic E-state index is 0.146. The number of aromatic nitrogens is 4. The number of hydrogen-bond donors (Lipinski definition) is 3. The molecule has 0 saturated heterocycles. The minimum atomic E-state index is -0.168. The number of nitrogens with zero attached hydrogens (tertiary/aromatic N) is 3. The quantitative estimate of drug-likeness (QED) is 0.280. The number of thioether (sulfide) groups is 1. The highest BCUT2D eigenvalue weighted by Crippen LogP contribution is 2.32. The zero-order valence-corrected chi connectivity index (χ0v) is 19.7. The molecule has 0 radical (unpaired) electrons. The molecule has 0 saturated carbocycles. The van der Waals surface area contributed by atoms with Crippen LogP contribution in [0.2, 0.25) is 0 Å². The Balaban J connectivity index is 1.37. The van der Waals surface area contributed by atoms with E-state index in [4.69, 9.17) is 0 Å². The average molecular weight is 483 g/mol. The van der Waals surface area contributed by atoms with E-state index < -0.39 is 0 Å². The molecule has 2 heterocycles. The number of hydrogen-bond acceptors (Lipinski definition) is 5. The molecule has 9 heteroatoms. The van der Waals surface area contributed by atoms with Gasteiger partial charge in [0.1, 0.15) is 0 Å². The number of rotatable bonds is 7. The second-order valence-corrected chi connectivity index (χ2v) is 8.76. The Morgan fingerprint density at radius 2 is 1.57 bits per heavy atom. The lowest BCUT2D eigenvalue weighted by Crippen LogP contribution is -2.14. The minimum Gasteiger partial charge on any atom is -0.360 e. The second kappa shape index (κ2) is 9.86. The van der Waals surface area contributed by atoms with Crippen molar-refractivity contribution in [1.29, 1.82) is 0 Å². The van der Waals surface area contributed by atoms with Gasteiger partial charge in [-0.3, -0.25) is 14.2 Å². The predicted octanol–water partition coefficient (Wildman–Crippen LogP) is 5.10. The van der Waals surface area contributed by atoms with Crippen LogP contribution in [-0.2, 0) is 9.59 Å². The van der Waals surface area contributed by atoms with Crippen molar-refractivity contribution >= 4 is 45.9 Å². The Morgan fingerprint density at radius 3 is 2.31 bits per heavy atom. The highest BCUT2D eigenvalue weighted by atomic mass is 32.2. The van der Waals surface area contributed by atoms with Crippen LogP contribution in [0.4, 0.5) is 11.4 Å². The summed E-state index contributed by atoms with van der Waals surface area (Å²) in [6, 6.07) is 24.9. The molecule has 0 aliphatic carbocycles. The number of aromatic amines is 1. The Bertz CT molecular complexity index is 1490. The molecule has 5 rings (SSSR count). The van der Waals surface area contributed by atoms with Gasteiger partial charge in [-0.1, -0.05) is 48.2 Å². The fourth-order valence-corrected chi connectivity index (χ4v) is 4.52. The van der Waals surface area contributed by atoms with Crippen LogP contribution in [0, 0.1) is 0 Å². The Kier molecular flexibility index (Phi) is 6.32. The van der Waals surface area contributed by atoms with Crippen LogP contribution in [-0.4, -0.2) is 37.3 Å². The largest absolute Gasteiger partial charge is 0.360 e. The van der Waals surface area contributed by atoms with Crippen molar-refractivity contribution < 1.29 is 9.59 Å². The van der Waals surface area contributed by atoms with Gasteiger partial charge in [0.25, 0.3) is 0 Å². The summed E-state index contributed by atoms with van der Waals surface area (Å²) in [5.41, 5.74) is 4.18. The first-order valence-electron chi connectivity index (χ1n) is 11.0. The van der Waals surface area contributed by atoms with E-state index in [0.29, 0.717) is 22.4 Å². The number of nitrogens with one attached hydrogen (secondary N) is 3. The summed E-state index contributed by atoms with van der Waals surface area (Å²) in [6.45, 7) is 1.45. The topological polar surface area (TPSA) is 105 Å². The molecule has 0 atom stereocenters. The van der Waals surface area contributed by atoms with E-state index in [1.165, 1.54) is 18.7 Å². The molecule has 0 spiro atoms. The zero-order chi connectivity index (χ0) is 24.2. The molecule has 35 heavy (non-hydrogen) atoms. The molecule has 0 aliphatic heterocycles. The van der Waals surface area contributed by atoms with Crippen LogP contribution < -0.4 is 10.6 Å². The van der Waals surface area contributed by atoms with Crippen LogP contribution in [0.15, 0.2) is 90.2 Å². The standard InChI is InChI=1S/C26H22N6O2S/c1-17(33)28-18-11-13-19(14-12-18)29-24(34)16-35-26-31-30-25(32(26)20-7-3-2-4-8-20)22-15-27-23-10-6-5-9-21(22)23/h2-15,27H,16H2,1H3,(H,28,33)(H,29,34). The van der Waals surface area contributed by atoms with Gasteiger partial charge in [0.15, 0.2) is 11.0 Å². The first-order chi connectivity index (χ1) is 17.1. The van der Waals surface area contributed by atoms with Gasteiger partial charge in [0.05, 0.1) is 5.75 Å². The molecule has 2 aromatic heterocycles. The van der Waals surface area contributed by atoms with Crippen LogP contribution in [0.3, 0.4) is 0 Å². The van der Waals surface area contributed by atoms with Crippen molar-refractivity contribution in [3.05, 3.63) is 85.1 Å². The Morgan fingerprint density at radius 1 is 0.886 bits per heavy atom. The number of H-pyrrole nitrogens is 1. The van der Waals surface area contributed by atoms with E-state index in [2.05, 4.69) is 25.8 Å². The van der Waals surface area contributed by atoms with Gasteiger partial charge in [-0.2, -0.15) is 0 Å². The summed E-state index contributed by atoms with van der Waals surface area (Å²) in [7, 11) is 0. The summed E-state index contributed by atoms with van der Waals surface area (Å²) in [5.74, 6) is 0.545. The molecule has 0 bridgehead atoms. The molecule has 0 fully saturated rings. The molecular weight excluding hydrogens is 460 g/mol. The van der Waals surface area contributed by atoms with Crippen molar-refractivity contribution in [2.24, 2.45) is 0 Å². The molecule has 5 aromatic rings. The average Bonchev–Trinajstić information content (AvgIpc) is 3.48. The Hall–Kier alpha value is -4.37. The molecule has 2 amide bonds. The monoisotopic (exact) mass is 482 g/mol. The zero-order valence-electron chi connectivity index (χ0n) is 18.9. The highest BCUT2D eigenvalue weighted by Gasteiger charge is 2.19. The summed E-state index contributed by atoms with van der Waals surface area (Å²) >= 11 is 1.31. The van der Waals surface area contributed by atoms with Gasteiger partial charge in [0.2, 0.25) is 11.8 Å². The third-order valence-corrected chi connectivity index (χ3v) is 6.23. The summed E-state index contributed by atoms with van der Waals surface area (Å²) in [6.07, 6.45) is 1.93. The van der Waals surface area contributed by atoms with Crippen LogP contribution in [0.5, 0.6) is 0 Å². The lowest BCUT2D eigenvalue weighted by molar-refractivity contribution is -0.114. The van der Waals surface area contributed by atoms with Gasteiger partial charge >= 0.3 is 0 Å². The lowest BCUT2D eigenvalue weighted by Gasteiger charge is -2.10. The first kappa shape index (κ1) is 22.4. The number of anilines is 2. The fourth-order valence-electron chi connectivity index (χ4n) is 3.77. The number of benzene rings is 3. The molecule has 0 unspecified atom stereocenters. The van der Waals surface area contributed by atoms with E-state index in [1.807, 2.05) is 65.4 Å². The summed E-state index contributed by atoms with van der Waals surface area (Å²) in [5, 5.41) is 16.1. The number of fused-ring (bicyclic) bond motifs is 1. The molecule has 174 valence electrons. The summed E-state index contributed by atoms with van der Waals surface area (Å²) < 4.78 is 1.97. The van der Waals surface area contributed by atoms with Crippen molar-refractivity contribution in [1.82, 2.24) is 19.7 Å². The molecule has 3 aromatic carbocycles. The van der Waals surface area contributed by atoms with Crippen LogP contribution >= 0.6 is 11.8 Å². The third-order valence-electron chi connectivity index (χ3n) is 5.30. The first-order valence-corrected chi connectivity index (χ1v) is 11.9. The van der Waals surface area contributed by atoms with E-state index in [-0.39, 0.29) is 17.6 Å². The maximum Gasteiger partial charge on any atom is 0.234 e. The smallest absolute Gasteiger partial charge is 0.234 e. The second-order valence-electron chi connectivity index (χ2n) is 7.82. The van der Waals surface area contributed by atoms with Crippen molar-refractivity contribution in [3.63, 3.8) is 0 Å². The highest BCUT2D eigenvalue weighted by molar-refractivity contribution is 7.99.